The Balaban J connectivity index is 1.51. The maximum atomic E-state index is 12.6. The zero-order valence-electron chi connectivity index (χ0n) is 14.0. The molecule has 1 heterocycles. The average Bonchev–Trinajstić information content (AvgIpc) is 3.33. The first-order valence-electron chi connectivity index (χ1n) is 8.57. The van der Waals surface area contributed by atoms with E-state index in [2.05, 4.69) is 5.32 Å². The van der Waals surface area contributed by atoms with Gasteiger partial charge in [-0.25, -0.2) is 0 Å². The number of nitrogens with two attached hydrogens (primary N) is 1. The van der Waals surface area contributed by atoms with Gasteiger partial charge in [-0.3, -0.25) is 9.59 Å². The molecule has 2 amide bonds. The number of ether oxygens (including phenoxy) is 1. The van der Waals surface area contributed by atoms with E-state index in [4.69, 9.17) is 10.5 Å². The Bertz CT molecular complexity index is 598. The summed E-state index contributed by atoms with van der Waals surface area (Å²) in [6, 6.07) is 7.25. The second kappa shape index (κ2) is 7.21. The lowest BCUT2D eigenvalue weighted by molar-refractivity contribution is -0.119. The van der Waals surface area contributed by atoms with Gasteiger partial charge >= 0.3 is 0 Å². The molecule has 0 spiro atoms. The van der Waals surface area contributed by atoms with Crippen LogP contribution in [0.1, 0.15) is 30.1 Å². The van der Waals surface area contributed by atoms with Gasteiger partial charge < -0.3 is 20.7 Å². The van der Waals surface area contributed by atoms with Crippen LogP contribution in [-0.4, -0.2) is 49.0 Å². The number of nitrogens with zero attached hydrogens (tertiary/aromatic N) is 1. The van der Waals surface area contributed by atoms with Crippen LogP contribution >= 0.6 is 0 Å². The summed E-state index contributed by atoms with van der Waals surface area (Å²) < 4.78 is 5.53. The molecule has 6 nitrogen and oxygen atoms in total. The first-order chi connectivity index (χ1) is 11.5. The predicted octanol–water partition coefficient (Wildman–Crippen LogP) is 1.01. The van der Waals surface area contributed by atoms with Gasteiger partial charge in [0, 0.05) is 31.6 Å². The molecular formula is C18H25N3O3. The largest absolute Gasteiger partial charge is 0.492 e. The van der Waals surface area contributed by atoms with Gasteiger partial charge in [0.2, 0.25) is 5.91 Å². The Morgan fingerprint density at radius 2 is 1.96 bits per heavy atom. The SMILES string of the molecule is CC(=O)NCCOc1ccc(C(=O)N2C[C@H](C3CC3)[C@@H](N)C2)cc1. The number of hydrogen-bond acceptors (Lipinski definition) is 4. The Labute approximate surface area is 142 Å². The fraction of sp³-hybridized carbons (Fsp3) is 0.556. The number of carbonyl (C=O) groups excluding carboxylic acids is 2. The van der Waals surface area contributed by atoms with E-state index >= 15 is 0 Å². The highest BCUT2D eigenvalue weighted by atomic mass is 16.5. The third kappa shape index (κ3) is 4.06. The maximum absolute atomic E-state index is 12.6. The maximum Gasteiger partial charge on any atom is 0.253 e. The molecule has 3 rings (SSSR count). The van der Waals surface area contributed by atoms with E-state index in [1.807, 2.05) is 4.90 Å². The summed E-state index contributed by atoms with van der Waals surface area (Å²) in [7, 11) is 0. The van der Waals surface area contributed by atoms with E-state index in [-0.39, 0.29) is 17.9 Å². The Morgan fingerprint density at radius 1 is 1.25 bits per heavy atom. The van der Waals surface area contributed by atoms with Crippen molar-refractivity contribution >= 4 is 11.8 Å². The van der Waals surface area contributed by atoms with E-state index < -0.39 is 0 Å². The van der Waals surface area contributed by atoms with Crippen molar-refractivity contribution in [3.8, 4) is 5.75 Å². The minimum absolute atomic E-state index is 0.0402. The zero-order valence-corrected chi connectivity index (χ0v) is 14.0. The van der Waals surface area contributed by atoms with Crippen LogP contribution in [-0.2, 0) is 4.79 Å². The molecule has 0 bridgehead atoms. The predicted molar refractivity (Wildman–Crippen MR) is 90.7 cm³/mol. The molecule has 0 aromatic heterocycles. The molecule has 130 valence electrons. The first-order valence-corrected chi connectivity index (χ1v) is 8.57. The number of likely N-dealkylation sites (tertiary alicyclic amines) is 1. The number of amides is 2. The van der Waals surface area contributed by atoms with Gasteiger partial charge in [0.25, 0.3) is 5.91 Å². The van der Waals surface area contributed by atoms with E-state index in [0.29, 0.717) is 36.9 Å². The normalized spacial score (nSPS) is 23.2. The summed E-state index contributed by atoms with van der Waals surface area (Å²) in [4.78, 5) is 25.3. The van der Waals surface area contributed by atoms with E-state index in [1.54, 1.807) is 24.3 Å². The Morgan fingerprint density at radius 3 is 2.58 bits per heavy atom. The van der Waals surface area contributed by atoms with Crippen LogP contribution in [0.2, 0.25) is 0 Å². The molecule has 1 aliphatic heterocycles. The second-order valence-corrected chi connectivity index (χ2v) is 6.73. The van der Waals surface area contributed by atoms with Crippen LogP contribution in [0.3, 0.4) is 0 Å². The molecule has 1 aliphatic carbocycles. The van der Waals surface area contributed by atoms with Crippen LogP contribution < -0.4 is 15.8 Å². The van der Waals surface area contributed by atoms with Crippen molar-refractivity contribution in [2.75, 3.05) is 26.2 Å². The smallest absolute Gasteiger partial charge is 0.253 e. The molecule has 2 aliphatic rings. The molecule has 0 unspecified atom stereocenters. The van der Waals surface area contributed by atoms with Crippen molar-refractivity contribution in [1.82, 2.24) is 10.2 Å². The summed E-state index contributed by atoms with van der Waals surface area (Å²) in [5, 5.41) is 2.67. The summed E-state index contributed by atoms with van der Waals surface area (Å²) in [5.74, 6) is 1.83. The number of nitrogens with one attached hydrogen (secondary N) is 1. The molecule has 24 heavy (non-hydrogen) atoms. The lowest BCUT2D eigenvalue weighted by Crippen LogP contribution is -2.32. The van der Waals surface area contributed by atoms with Crippen LogP contribution in [0.25, 0.3) is 0 Å². The van der Waals surface area contributed by atoms with Crippen molar-refractivity contribution in [2.24, 2.45) is 17.6 Å². The van der Waals surface area contributed by atoms with Gasteiger partial charge in [-0.1, -0.05) is 0 Å². The summed E-state index contributed by atoms with van der Waals surface area (Å²) in [5.41, 5.74) is 6.86. The van der Waals surface area contributed by atoms with E-state index in [1.165, 1.54) is 19.8 Å². The van der Waals surface area contributed by atoms with Crippen LogP contribution in [0.5, 0.6) is 5.75 Å². The molecular weight excluding hydrogens is 306 g/mol. The van der Waals surface area contributed by atoms with Crippen molar-refractivity contribution in [3.63, 3.8) is 0 Å². The van der Waals surface area contributed by atoms with E-state index in [9.17, 15) is 9.59 Å². The number of benzene rings is 1. The monoisotopic (exact) mass is 331 g/mol. The molecule has 0 radical (unpaired) electrons. The van der Waals surface area contributed by atoms with Gasteiger partial charge in [0.1, 0.15) is 12.4 Å². The third-order valence-electron chi connectivity index (χ3n) is 4.77. The number of rotatable bonds is 6. The quantitative estimate of drug-likeness (QED) is 0.762. The summed E-state index contributed by atoms with van der Waals surface area (Å²) in [6.45, 7) is 3.76. The molecule has 1 aromatic rings. The van der Waals surface area contributed by atoms with Gasteiger partial charge in [0.05, 0.1) is 6.54 Å². The highest BCUT2D eigenvalue weighted by Gasteiger charge is 2.42. The highest BCUT2D eigenvalue weighted by Crippen LogP contribution is 2.41. The molecule has 1 aromatic carbocycles. The van der Waals surface area contributed by atoms with Crippen molar-refractivity contribution in [2.45, 2.75) is 25.8 Å². The molecule has 2 atom stereocenters. The minimum Gasteiger partial charge on any atom is -0.492 e. The lowest BCUT2D eigenvalue weighted by atomic mass is 9.99. The molecule has 6 heteroatoms. The summed E-state index contributed by atoms with van der Waals surface area (Å²) in [6.07, 6.45) is 2.51. The molecule has 3 N–H and O–H groups in total. The van der Waals surface area contributed by atoms with E-state index in [0.717, 1.165) is 12.5 Å². The van der Waals surface area contributed by atoms with Crippen LogP contribution in [0, 0.1) is 11.8 Å². The average molecular weight is 331 g/mol. The van der Waals surface area contributed by atoms with Crippen LogP contribution in [0.4, 0.5) is 0 Å². The van der Waals surface area contributed by atoms with Crippen LogP contribution in [0.15, 0.2) is 24.3 Å². The third-order valence-corrected chi connectivity index (χ3v) is 4.77. The second-order valence-electron chi connectivity index (χ2n) is 6.73. The van der Waals surface area contributed by atoms with Gasteiger partial charge in [0.15, 0.2) is 0 Å². The van der Waals surface area contributed by atoms with Crippen molar-refractivity contribution < 1.29 is 14.3 Å². The van der Waals surface area contributed by atoms with Gasteiger partial charge in [-0.2, -0.15) is 0 Å². The highest BCUT2D eigenvalue weighted by molar-refractivity contribution is 5.94. The molecule has 2 fully saturated rings. The number of carbonyl (C=O) groups is 2. The molecule has 1 saturated carbocycles. The Hall–Kier alpha value is -2.08. The first kappa shape index (κ1) is 16.8. The zero-order chi connectivity index (χ0) is 17.1. The van der Waals surface area contributed by atoms with Crippen molar-refractivity contribution in [1.29, 1.82) is 0 Å². The minimum atomic E-state index is -0.0760. The standard InChI is InChI=1S/C18H25N3O3/c1-12(22)20-8-9-24-15-6-4-14(5-7-15)18(23)21-10-16(13-2-3-13)17(19)11-21/h4-7,13,16-17H,2-3,8-11,19H2,1H3,(H,20,22)/t16-,17+/m1/s1. The Kier molecular flexibility index (Phi) is 5.04. The van der Waals surface area contributed by atoms with Crippen molar-refractivity contribution in [3.05, 3.63) is 29.8 Å². The fourth-order valence-electron chi connectivity index (χ4n) is 3.32. The van der Waals surface area contributed by atoms with Gasteiger partial charge in [-0.05, 0) is 48.9 Å². The molecule has 1 saturated heterocycles. The lowest BCUT2D eigenvalue weighted by Gasteiger charge is -2.16. The number of hydrogen-bond donors (Lipinski definition) is 2. The summed E-state index contributed by atoms with van der Waals surface area (Å²) >= 11 is 0. The fourth-order valence-corrected chi connectivity index (χ4v) is 3.32. The van der Waals surface area contributed by atoms with Gasteiger partial charge in [-0.15, -0.1) is 0 Å². The topological polar surface area (TPSA) is 84.7 Å².